The molecule has 0 unspecified atom stereocenters. The maximum Gasteiger partial charge on any atom is 0.301 e. The predicted molar refractivity (Wildman–Crippen MR) is 103 cm³/mol. The highest BCUT2D eigenvalue weighted by molar-refractivity contribution is 7.13. The van der Waals surface area contributed by atoms with Crippen LogP contribution >= 0.6 is 22.9 Å². The van der Waals surface area contributed by atoms with E-state index in [9.17, 15) is 19.1 Å². The third kappa shape index (κ3) is 2.96. The number of hydrogen-bond donors (Lipinski definition) is 1. The van der Waals surface area contributed by atoms with E-state index in [1.165, 1.54) is 17.6 Å². The predicted octanol–water partition coefficient (Wildman–Crippen LogP) is 3.96. The number of nitrogens with zero attached hydrogens (tertiary/aromatic N) is 3. The molecule has 0 radical (unpaired) electrons. The Kier molecular flexibility index (Phi) is 4.66. The molecule has 1 N–H and O–H groups in total. The maximum absolute atomic E-state index is 13.3. The number of anilines is 1. The van der Waals surface area contributed by atoms with Crippen molar-refractivity contribution in [1.82, 2.24) is 10.2 Å². The molecule has 2 aromatic carbocycles. The summed E-state index contributed by atoms with van der Waals surface area (Å²) in [4.78, 5) is 26.7. The minimum absolute atomic E-state index is 0.153. The second-order valence-corrected chi connectivity index (χ2v) is 7.14. The molecule has 1 fully saturated rings. The number of ketones is 1. The Balaban J connectivity index is 1.96. The van der Waals surface area contributed by atoms with E-state index in [1.54, 1.807) is 24.3 Å². The van der Waals surface area contributed by atoms with Crippen molar-refractivity contribution in [2.24, 2.45) is 0 Å². The summed E-state index contributed by atoms with van der Waals surface area (Å²) in [6, 6.07) is 10.7. The van der Waals surface area contributed by atoms with Crippen LogP contribution in [0.2, 0.25) is 5.02 Å². The number of aliphatic hydroxyl groups excluding tert-OH is 1. The first-order valence-corrected chi connectivity index (χ1v) is 9.32. The van der Waals surface area contributed by atoms with Crippen molar-refractivity contribution in [2.45, 2.75) is 6.04 Å². The fourth-order valence-electron chi connectivity index (χ4n) is 3.06. The van der Waals surface area contributed by atoms with Gasteiger partial charge in [-0.15, -0.1) is 10.2 Å². The largest absolute Gasteiger partial charge is 0.507 e. The van der Waals surface area contributed by atoms with Crippen LogP contribution < -0.4 is 4.90 Å². The Morgan fingerprint density at radius 2 is 1.86 bits per heavy atom. The van der Waals surface area contributed by atoms with Gasteiger partial charge in [-0.1, -0.05) is 41.1 Å². The SMILES string of the molecule is O=C1C(=O)N(c2nncs2)[C@H](c2ccccc2Cl)C1=C(O)c1ccc(F)cc1. The molecule has 1 aliphatic heterocycles. The van der Waals surface area contributed by atoms with Crippen LogP contribution in [0.15, 0.2) is 59.6 Å². The molecule has 1 aliphatic rings. The number of aliphatic hydroxyl groups is 1. The number of amides is 1. The second kappa shape index (κ2) is 7.14. The van der Waals surface area contributed by atoms with E-state index in [1.807, 2.05) is 0 Å². The zero-order valence-corrected chi connectivity index (χ0v) is 15.6. The molecule has 6 nitrogen and oxygen atoms in total. The first kappa shape index (κ1) is 18.3. The van der Waals surface area contributed by atoms with Gasteiger partial charge < -0.3 is 5.11 Å². The molecular weight excluding hydrogens is 405 g/mol. The summed E-state index contributed by atoms with van der Waals surface area (Å²) in [5.41, 5.74) is 1.93. The number of halogens is 2. The number of aromatic nitrogens is 2. The first-order valence-electron chi connectivity index (χ1n) is 8.06. The molecule has 9 heteroatoms. The summed E-state index contributed by atoms with van der Waals surface area (Å²) in [5, 5.41) is 18.9. The van der Waals surface area contributed by atoms with Gasteiger partial charge in [0.25, 0.3) is 5.78 Å². The van der Waals surface area contributed by atoms with E-state index in [0.717, 1.165) is 28.4 Å². The Bertz CT molecular complexity index is 1100. The van der Waals surface area contributed by atoms with Crippen molar-refractivity contribution < 1.29 is 19.1 Å². The highest BCUT2D eigenvalue weighted by Crippen LogP contribution is 2.44. The van der Waals surface area contributed by atoms with Crippen LogP contribution in [0, 0.1) is 5.82 Å². The van der Waals surface area contributed by atoms with Gasteiger partial charge in [0, 0.05) is 10.6 Å². The van der Waals surface area contributed by atoms with Gasteiger partial charge in [-0.25, -0.2) is 4.39 Å². The molecule has 0 aliphatic carbocycles. The lowest BCUT2D eigenvalue weighted by Crippen LogP contribution is -2.29. The molecule has 0 spiro atoms. The first-order chi connectivity index (χ1) is 13.5. The smallest absolute Gasteiger partial charge is 0.301 e. The summed E-state index contributed by atoms with van der Waals surface area (Å²) in [6.45, 7) is 0. The number of benzene rings is 2. The molecule has 0 saturated carbocycles. The highest BCUT2D eigenvalue weighted by Gasteiger charge is 2.48. The van der Waals surface area contributed by atoms with Crippen molar-refractivity contribution in [1.29, 1.82) is 0 Å². The van der Waals surface area contributed by atoms with Crippen LogP contribution in [0.3, 0.4) is 0 Å². The summed E-state index contributed by atoms with van der Waals surface area (Å²) in [7, 11) is 0. The number of Topliss-reactive ketones (excluding diaryl/α,β-unsaturated/α-hetero) is 1. The zero-order valence-electron chi connectivity index (χ0n) is 14.0. The topological polar surface area (TPSA) is 83.4 Å². The van der Waals surface area contributed by atoms with Crippen molar-refractivity contribution in [2.75, 3.05) is 4.90 Å². The van der Waals surface area contributed by atoms with Crippen LogP contribution in [0.5, 0.6) is 0 Å². The molecule has 4 rings (SSSR count). The lowest BCUT2D eigenvalue weighted by atomic mass is 9.95. The average Bonchev–Trinajstić information content (AvgIpc) is 3.30. The van der Waals surface area contributed by atoms with Gasteiger partial charge >= 0.3 is 5.91 Å². The molecular formula is C19H11ClFN3O3S. The number of carbonyl (C=O) groups excluding carboxylic acids is 2. The van der Waals surface area contributed by atoms with Crippen LogP contribution in [0.4, 0.5) is 9.52 Å². The molecule has 28 heavy (non-hydrogen) atoms. The Hall–Kier alpha value is -3.10. The van der Waals surface area contributed by atoms with Gasteiger partial charge in [-0.2, -0.15) is 0 Å². The molecule has 1 aromatic heterocycles. The normalized spacial score (nSPS) is 18.6. The van der Waals surface area contributed by atoms with Gasteiger partial charge in [0.05, 0.1) is 11.6 Å². The highest BCUT2D eigenvalue weighted by atomic mass is 35.5. The van der Waals surface area contributed by atoms with Crippen LogP contribution in [0.25, 0.3) is 5.76 Å². The van der Waals surface area contributed by atoms with Gasteiger partial charge in [0.15, 0.2) is 0 Å². The Labute approximate surface area is 167 Å². The number of hydrogen-bond acceptors (Lipinski definition) is 6. The monoisotopic (exact) mass is 415 g/mol. The Morgan fingerprint density at radius 3 is 2.50 bits per heavy atom. The minimum atomic E-state index is -0.994. The fraction of sp³-hybridized carbons (Fsp3) is 0.0526. The molecule has 3 aromatic rings. The van der Waals surface area contributed by atoms with Crippen molar-refractivity contribution >= 4 is 45.5 Å². The van der Waals surface area contributed by atoms with Crippen LogP contribution in [0.1, 0.15) is 17.2 Å². The average molecular weight is 416 g/mol. The van der Waals surface area contributed by atoms with E-state index in [2.05, 4.69) is 10.2 Å². The van der Waals surface area contributed by atoms with Crippen LogP contribution in [-0.4, -0.2) is 27.0 Å². The summed E-state index contributed by atoms with van der Waals surface area (Å²) in [5.74, 6) is -2.66. The van der Waals surface area contributed by atoms with Gasteiger partial charge in [0.1, 0.15) is 17.1 Å². The summed E-state index contributed by atoms with van der Waals surface area (Å²) >= 11 is 7.40. The summed E-state index contributed by atoms with van der Waals surface area (Å²) in [6.07, 6.45) is 0. The van der Waals surface area contributed by atoms with E-state index in [4.69, 9.17) is 11.6 Å². The van der Waals surface area contributed by atoms with Crippen LogP contribution in [-0.2, 0) is 9.59 Å². The lowest BCUT2D eigenvalue weighted by molar-refractivity contribution is -0.132. The number of rotatable bonds is 3. The second-order valence-electron chi connectivity index (χ2n) is 5.92. The Morgan fingerprint density at radius 1 is 1.14 bits per heavy atom. The van der Waals surface area contributed by atoms with Crippen molar-refractivity contribution in [3.05, 3.63) is 81.6 Å². The van der Waals surface area contributed by atoms with E-state index < -0.39 is 29.3 Å². The van der Waals surface area contributed by atoms with Crippen molar-refractivity contribution in [3.8, 4) is 0 Å². The molecule has 0 bridgehead atoms. The minimum Gasteiger partial charge on any atom is -0.507 e. The molecule has 2 heterocycles. The van der Waals surface area contributed by atoms with Gasteiger partial charge in [-0.3, -0.25) is 14.5 Å². The molecule has 1 saturated heterocycles. The molecule has 1 atom stereocenters. The maximum atomic E-state index is 13.3. The summed E-state index contributed by atoms with van der Waals surface area (Å²) < 4.78 is 13.3. The third-order valence-corrected chi connectivity index (χ3v) is 5.35. The quantitative estimate of drug-likeness (QED) is 0.397. The number of carbonyl (C=O) groups is 2. The third-order valence-electron chi connectivity index (χ3n) is 4.32. The van der Waals surface area contributed by atoms with Crippen molar-refractivity contribution in [3.63, 3.8) is 0 Å². The van der Waals surface area contributed by atoms with E-state index in [0.29, 0.717) is 10.6 Å². The van der Waals surface area contributed by atoms with E-state index in [-0.39, 0.29) is 16.3 Å². The standard InChI is InChI=1S/C19H11ClFN3O3S/c20-13-4-2-1-3-12(13)15-14(16(25)10-5-7-11(21)8-6-10)17(26)18(27)24(15)19-23-22-9-28-19/h1-9,15,25H/t15-/m1/s1. The molecule has 1 amide bonds. The molecule has 140 valence electrons. The van der Waals surface area contributed by atoms with Gasteiger partial charge in [0.2, 0.25) is 5.13 Å². The fourth-order valence-corrected chi connectivity index (χ4v) is 3.88. The zero-order chi connectivity index (χ0) is 19.8. The van der Waals surface area contributed by atoms with E-state index >= 15 is 0 Å². The van der Waals surface area contributed by atoms with Gasteiger partial charge in [-0.05, 0) is 35.9 Å². The lowest BCUT2D eigenvalue weighted by Gasteiger charge is -2.23.